The second-order valence-electron chi connectivity index (χ2n) is 4.59. The zero-order valence-corrected chi connectivity index (χ0v) is 12.2. The maximum absolute atomic E-state index is 11.7. The van der Waals surface area contributed by atoms with E-state index in [2.05, 4.69) is 6.58 Å². The third-order valence-corrected chi connectivity index (χ3v) is 3.45. The molecule has 0 heterocycles. The Hall–Kier alpha value is -1.22. The molecule has 0 aliphatic carbocycles. The maximum atomic E-state index is 11.7. The van der Waals surface area contributed by atoms with Gasteiger partial charge in [-0.25, -0.2) is 4.79 Å². The van der Waals surface area contributed by atoms with E-state index in [0.29, 0.717) is 5.57 Å². The standard InChI is InChI=1S/C15H20O2S/c1-10(2)14(17-15(16)11(3)4)12-8-6-7-9-13(12)18-5/h6-10,14H,3H2,1-2,4-5H3. The lowest BCUT2D eigenvalue weighted by Crippen LogP contribution is -2.17. The number of thioether (sulfide) groups is 1. The van der Waals surface area contributed by atoms with E-state index in [1.165, 1.54) is 0 Å². The van der Waals surface area contributed by atoms with E-state index in [1.54, 1.807) is 18.7 Å². The first-order valence-corrected chi connectivity index (χ1v) is 7.19. The molecular weight excluding hydrogens is 244 g/mol. The van der Waals surface area contributed by atoms with Crippen LogP contribution in [0.4, 0.5) is 0 Å². The molecule has 0 spiro atoms. The van der Waals surface area contributed by atoms with Crippen molar-refractivity contribution in [3.63, 3.8) is 0 Å². The summed E-state index contributed by atoms with van der Waals surface area (Å²) in [5, 5.41) is 0. The highest BCUT2D eigenvalue weighted by Gasteiger charge is 2.23. The summed E-state index contributed by atoms with van der Waals surface area (Å²) in [5.41, 5.74) is 1.50. The van der Waals surface area contributed by atoms with Gasteiger partial charge in [0.05, 0.1) is 0 Å². The Kier molecular flexibility index (Phi) is 5.48. The van der Waals surface area contributed by atoms with E-state index in [4.69, 9.17) is 4.74 Å². The summed E-state index contributed by atoms with van der Waals surface area (Å²) in [6.07, 6.45) is 1.80. The first-order valence-electron chi connectivity index (χ1n) is 5.96. The summed E-state index contributed by atoms with van der Waals surface area (Å²) in [6.45, 7) is 9.39. The van der Waals surface area contributed by atoms with E-state index in [0.717, 1.165) is 10.5 Å². The smallest absolute Gasteiger partial charge is 0.333 e. The molecule has 0 saturated heterocycles. The first kappa shape index (κ1) is 14.8. The minimum atomic E-state index is -0.329. The van der Waals surface area contributed by atoms with Gasteiger partial charge < -0.3 is 4.74 Å². The van der Waals surface area contributed by atoms with Crippen molar-refractivity contribution < 1.29 is 9.53 Å². The summed E-state index contributed by atoms with van der Waals surface area (Å²) in [7, 11) is 0. The fourth-order valence-electron chi connectivity index (χ4n) is 1.68. The average Bonchev–Trinajstić information content (AvgIpc) is 2.35. The molecule has 1 aromatic rings. The molecule has 98 valence electrons. The van der Waals surface area contributed by atoms with Crippen LogP contribution in [0.3, 0.4) is 0 Å². The molecule has 0 saturated carbocycles. The van der Waals surface area contributed by atoms with Gasteiger partial charge in [0.2, 0.25) is 0 Å². The number of carbonyl (C=O) groups is 1. The van der Waals surface area contributed by atoms with Crippen LogP contribution in [0.15, 0.2) is 41.3 Å². The molecule has 0 aliphatic rings. The largest absolute Gasteiger partial charge is 0.454 e. The molecule has 0 fully saturated rings. The third-order valence-electron chi connectivity index (χ3n) is 2.63. The van der Waals surface area contributed by atoms with E-state index in [-0.39, 0.29) is 18.0 Å². The Balaban J connectivity index is 3.05. The van der Waals surface area contributed by atoms with Crippen LogP contribution >= 0.6 is 11.8 Å². The Morgan fingerprint density at radius 1 is 1.33 bits per heavy atom. The zero-order chi connectivity index (χ0) is 13.7. The summed E-state index contributed by atoms with van der Waals surface area (Å²) in [4.78, 5) is 12.8. The Bertz CT molecular complexity index is 438. The lowest BCUT2D eigenvalue weighted by atomic mass is 9.99. The molecule has 0 radical (unpaired) electrons. The van der Waals surface area contributed by atoms with Gasteiger partial charge in [-0.15, -0.1) is 11.8 Å². The van der Waals surface area contributed by atoms with Crippen molar-refractivity contribution in [2.45, 2.75) is 31.8 Å². The summed E-state index contributed by atoms with van der Waals surface area (Å²) in [6, 6.07) is 8.03. The topological polar surface area (TPSA) is 26.3 Å². The van der Waals surface area contributed by atoms with E-state index in [9.17, 15) is 4.79 Å². The van der Waals surface area contributed by atoms with Crippen LogP contribution in [0.25, 0.3) is 0 Å². The second kappa shape index (κ2) is 6.64. The van der Waals surface area contributed by atoms with Gasteiger partial charge in [0, 0.05) is 16.0 Å². The minimum absolute atomic E-state index is 0.224. The van der Waals surface area contributed by atoms with Crippen LogP contribution in [-0.2, 0) is 9.53 Å². The number of carbonyl (C=O) groups excluding carboxylic acids is 1. The van der Waals surface area contributed by atoms with Gasteiger partial charge in [-0.1, -0.05) is 38.6 Å². The molecule has 18 heavy (non-hydrogen) atoms. The van der Waals surface area contributed by atoms with Crippen LogP contribution in [0.5, 0.6) is 0 Å². The molecule has 0 aromatic heterocycles. The van der Waals surface area contributed by atoms with Gasteiger partial charge in [0.15, 0.2) is 0 Å². The molecule has 2 nitrogen and oxygen atoms in total. The van der Waals surface area contributed by atoms with Crippen LogP contribution in [0.1, 0.15) is 32.4 Å². The normalized spacial score (nSPS) is 12.3. The van der Waals surface area contributed by atoms with Gasteiger partial charge in [0.1, 0.15) is 6.10 Å². The average molecular weight is 264 g/mol. The molecule has 0 amide bonds. The third kappa shape index (κ3) is 3.64. The van der Waals surface area contributed by atoms with Gasteiger partial charge in [-0.2, -0.15) is 0 Å². The summed E-state index contributed by atoms with van der Waals surface area (Å²) >= 11 is 1.66. The van der Waals surface area contributed by atoms with Gasteiger partial charge in [0.25, 0.3) is 0 Å². The number of hydrogen-bond acceptors (Lipinski definition) is 3. The highest BCUT2D eigenvalue weighted by molar-refractivity contribution is 7.98. The van der Waals surface area contributed by atoms with Crippen LogP contribution < -0.4 is 0 Å². The van der Waals surface area contributed by atoms with Crippen LogP contribution in [0.2, 0.25) is 0 Å². The van der Waals surface area contributed by atoms with E-state index >= 15 is 0 Å². The van der Waals surface area contributed by atoms with Crippen molar-refractivity contribution in [2.75, 3.05) is 6.26 Å². The van der Waals surface area contributed by atoms with Gasteiger partial charge in [-0.05, 0) is 25.2 Å². The fraction of sp³-hybridized carbons (Fsp3) is 0.400. The molecule has 3 heteroatoms. The van der Waals surface area contributed by atoms with Crippen molar-refractivity contribution in [2.24, 2.45) is 5.92 Å². The molecular formula is C15H20O2S. The van der Waals surface area contributed by atoms with Gasteiger partial charge >= 0.3 is 5.97 Å². The van der Waals surface area contributed by atoms with Crippen LogP contribution in [-0.4, -0.2) is 12.2 Å². The number of ether oxygens (including phenoxy) is 1. The Morgan fingerprint density at radius 2 is 1.94 bits per heavy atom. The number of benzene rings is 1. The monoisotopic (exact) mass is 264 g/mol. The highest BCUT2D eigenvalue weighted by atomic mass is 32.2. The van der Waals surface area contributed by atoms with Crippen LogP contribution in [0, 0.1) is 5.92 Å². The number of esters is 1. The first-order chi connectivity index (χ1) is 8.47. The van der Waals surface area contributed by atoms with E-state index in [1.807, 2.05) is 44.4 Å². The Labute approximate surface area is 113 Å². The molecule has 0 N–H and O–H groups in total. The molecule has 1 rings (SSSR count). The Morgan fingerprint density at radius 3 is 2.44 bits per heavy atom. The summed E-state index contributed by atoms with van der Waals surface area (Å²) < 4.78 is 5.55. The molecule has 1 aromatic carbocycles. The van der Waals surface area contributed by atoms with Crippen molar-refractivity contribution in [1.29, 1.82) is 0 Å². The van der Waals surface area contributed by atoms with Crippen molar-refractivity contribution in [1.82, 2.24) is 0 Å². The molecule has 0 aliphatic heterocycles. The molecule has 1 atom stereocenters. The number of hydrogen-bond donors (Lipinski definition) is 0. The second-order valence-corrected chi connectivity index (χ2v) is 5.44. The molecule has 1 unspecified atom stereocenters. The number of rotatable bonds is 5. The van der Waals surface area contributed by atoms with E-state index < -0.39 is 0 Å². The molecule has 0 bridgehead atoms. The van der Waals surface area contributed by atoms with Crippen molar-refractivity contribution in [3.8, 4) is 0 Å². The predicted molar refractivity (Wildman–Crippen MR) is 76.7 cm³/mol. The zero-order valence-electron chi connectivity index (χ0n) is 11.4. The maximum Gasteiger partial charge on any atom is 0.333 e. The van der Waals surface area contributed by atoms with Crippen molar-refractivity contribution in [3.05, 3.63) is 42.0 Å². The highest BCUT2D eigenvalue weighted by Crippen LogP contribution is 2.33. The SMILES string of the molecule is C=C(C)C(=O)OC(c1ccccc1SC)C(C)C. The predicted octanol–water partition coefficient (Wildman–Crippen LogP) is 4.22. The fourth-order valence-corrected chi connectivity index (χ4v) is 2.31. The quantitative estimate of drug-likeness (QED) is 0.452. The summed E-state index contributed by atoms with van der Waals surface area (Å²) in [5.74, 6) is -0.105. The lowest BCUT2D eigenvalue weighted by Gasteiger charge is -2.23. The minimum Gasteiger partial charge on any atom is -0.454 e. The van der Waals surface area contributed by atoms with Crippen molar-refractivity contribution >= 4 is 17.7 Å². The van der Waals surface area contributed by atoms with Gasteiger partial charge in [-0.3, -0.25) is 0 Å². The lowest BCUT2D eigenvalue weighted by molar-refractivity contribution is -0.147.